The van der Waals surface area contributed by atoms with E-state index in [1.54, 1.807) is 24.3 Å². The van der Waals surface area contributed by atoms with Crippen molar-refractivity contribution in [1.29, 1.82) is 0 Å². The largest absolute Gasteiger partial charge is 0.494 e. The number of nitrogens with zero attached hydrogens (tertiary/aromatic N) is 2. The van der Waals surface area contributed by atoms with Crippen LogP contribution < -0.4 is 16.0 Å². The summed E-state index contributed by atoms with van der Waals surface area (Å²) in [7, 11) is 0. The van der Waals surface area contributed by atoms with Crippen LogP contribution in [0.4, 0.5) is 20.3 Å². The summed E-state index contributed by atoms with van der Waals surface area (Å²) in [4.78, 5) is 23.2. The first kappa shape index (κ1) is 20.8. The van der Waals surface area contributed by atoms with Gasteiger partial charge in [0.25, 0.3) is 0 Å². The fourth-order valence-electron chi connectivity index (χ4n) is 3.64. The van der Waals surface area contributed by atoms with Crippen LogP contribution in [-0.4, -0.2) is 45.1 Å². The first-order valence-electron chi connectivity index (χ1n) is 10.4. The number of aromatic nitrogens is 3. The molecule has 1 saturated heterocycles. The van der Waals surface area contributed by atoms with Gasteiger partial charge in [-0.1, -0.05) is 18.2 Å². The van der Waals surface area contributed by atoms with Gasteiger partial charge in [-0.25, -0.2) is 18.7 Å². The number of nitrogens with one attached hydrogen (secondary N) is 4. The molecule has 2 aromatic heterocycles. The van der Waals surface area contributed by atoms with Crippen molar-refractivity contribution in [3.63, 3.8) is 0 Å². The second kappa shape index (κ2) is 8.47. The zero-order valence-electron chi connectivity index (χ0n) is 17.3. The molecule has 10 heteroatoms. The average molecular weight is 450 g/mol. The third-order valence-corrected chi connectivity index (χ3v) is 5.43. The Bertz CT molecular complexity index is 1310. The van der Waals surface area contributed by atoms with Crippen molar-refractivity contribution in [2.75, 3.05) is 18.4 Å². The third kappa shape index (κ3) is 4.20. The number of benzene rings is 2. The molecule has 2 aromatic carbocycles. The summed E-state index contributed by atoms with van der Waals surface area (Å²) >= 11 is 0. The Hall–Kier alpha value is -4.05. The minimum absolute atomic E-state index is 0.0477. The second-order valence-electron chi connectivity index (χ2n) is 7.81. The molecule has 5 N–H and O–H groups in total. The number of fused-ring (bicyclic) bond motifs is 1. The predicted molar refractivity (Wildman–Crippen MR) is 119 cm³/mol. The van der Waals surface area contributed by atoms with Crippen molar-refractivity contribution in [2.45, 2.75) is 12.5 Å². The lowest BCUT2D eigenvalue weighted by Gasteiger charge is -2.27. The van der Waals surface area contributed by atoms with Crippen molar-refractivity contribution in [3.05, 3.63) is 65.9 Å². The van der Waals surface area contributed by atoms with E-state index in [1.165, 1.54) is 12.3 Å². The zero-order chi connectivity index (χ0) is 22.9. The molecular formula is C23H20F2N6O2. The van der Waals surface area contributed by atoms with Crippen LogP contribution in [0.25, 0.3) is 22.3 Å². The minimum atomic E-state index is -0.791. The highest BCUT2D eigenvalue weighted by atomic mass is 19.1. The quantitative estimate of drug-likeness (QED) is 0.309. The standard InChI is InChI=1S/C23H20F2N6O2/c24-15-2-1-3-16(25)19(15)21-30-17-11-27-23(33)20(17)22(31-21)29-13-6-4-12(5-7-13)8-18(32)28-14-9-26-10-14/h1-7,11,14,26-27,33H,8-10H2,(H,28,32)(H,29,30,31). The number of aromatic hydroxyl groups is 1. The number of H-pyrrole nitrogens is 1. The summed E-state index contributed by atoms with van der Waals surface area (Å²) < 4.78 is 28.6. The summed E-state index contributed by atoms with van der Waals surface area (Å²) in [5, 5.41) is 19.6. The van der Waals surface area contributed by atoms with E-state index in [9.17, 15) is 18.7 Å². The minimum Gasteiger partial charge on any atom is -0.494 e. The molecule has 3 heterocycles. The molecule has 0 aliphatic carbocycles. The van der Waals surface area contributed by atoms with Crippen LogP contribution in [0.3, 0.4) is 0 Å². The molecule has 0 bridgehead atoms. The molecule has 33 heavy (non-hydrogen) atoms. The molecule has 0 radical (unpaired) electrons. The topological polar surface area (TPSA) is 115 Å². The van der Waals surface area contributed by atoms with E-state index < -0.39 is 11.6 Å². The van der Waals surface area contributed by atoms with Gasteiger partial charge in [0.1, 0.15) is 22.8 Å². The second-order valence-corrected chi connectivity index (χ2v) is 7.81. The van der Waals surface area contributed by atoms with E-state index in [1.807, 2.05) is 0 Å². The molecule has 0 saturated carbocycles. The van der Waals surface area contributed by atoms with Crippen LogP contribution in [0.2, 0.25) is 0 Å². The van der Waals surface area contributed by atoms with Crippen molar-refractivity contribution in [2.24, 2.45) is 0 Å². The highest BCUT2D eigenvalue weighted by Crippen LogP contribution is 2.34. The van der Waals surface area contributed by atoms with Gasteiger partial charge < -0.3 is 26.0 Å². The Labute approximate surface area is 187 Å². The Morgan fingerprint density at radius 2 is 1.82 bits per heavy atom. The van der Waals surface area contributed by atoms with Crippen molar-refractivity contribution < 1.29 is 18.7 Å². The van der Waals surface area contributed by atoms with E-state index >= 15 is 0 Å². The molecule has 1 aliphatic heterocycles. The smallest absolute Gasteiger partial charge is 0.224 e. The lowest BCUT2D eigenvalue weighted by molar-refractivity contribution is -0.121. The molecule has 0 spiro atoms. The molecule has 0 atom stereocenters. The molecule has 4 aromatic rings. The lowest BCUT2D eigenvalue weighted by Crippen LogP contribution is -2.57. The van der Waals surface area contributed by atoms with E-state index in [2.05, 4.69) is 30.9 Å². The third-order valence-electron chi connectivity index (χ3n) is 5.43. The van der Waals surface area contributed by atoms with E-state index in [0.717, 1.165) is 30.8 Å². The number of aromatic amines is 1. The molecule has 1 aliphatic rings. The Balaban J connectivity index is 1.42. The molecular weight excluding hydrogens is 430 g/mol. The SMILES string of the molecule is O=C(Cc1ccc(Nc2nc(-c3c(F)cccc3F)nc3c[nH]c(O)c23)cc1)NC1CNC1. The number of rotatable bonds is 6. The van der Waals surface area contributed by atoms with Gasteiger partial charge >= 0.3 is 0 Å². The summed E-state index contributed by atoms with van der Waals surface area (Å²) in [6.45, 7) is 1.57. The number of hydrogen-bond donors (Lipinski definition) is 5. The maximum Gasteiger partial charge on any atom is 0.224 e. The summed E-state index contributed by atoms with van der Waals surface area (Å²) in [5.41, 5.74) is 1.38. The Morgan fingerprint density at radius 1 is 1.09 bits per heavy atom. The zero-order valence-corrected chi connectivity index (χ0v) is 17.3. The summed E-state index contributed by atoms with van der Waals surface area (Å²) in [5.74, 6) is -1.78. The summed E-state index contributed by atoms with van der Waals surface area (Å²) in [6.07, 6.45) is 1.68. The molecule has 0 unspecified atom stereocenters. The molecule has 5 rings (SSSR count). The van der Waals surface area contributed by atoms with Gasteiger partial charge in [0.05, 0.1) is 23.5 Å². The number of hydrogen-bond acceptors (Lipinski definition) is 6. The normalized spacial score (nSPS) is 13.6. The van der Waals surface area contributed by atoms with Crippen LogP contribution >= 0.6 is 0 Å². The molecule has 1 amide bonds. The van der Waals surface area contributed by atoms with Crippen molar-refractivity contribution >= 4 is 28.3 Å². The van der Waals surface area contributed by atoms with Gasteiger partial charge in [0.2, 0.25) is 11.8 Å². The average Bonchev–Trinajstić information content (AvgIpc) is 3.13. The van der Waals surface area contributed by atoms with Gasteiger partial charge in [-0.3, -0.25) is 4.79 Å². The van der Waals surface area contributed by atoms with Crippen LogP contribution in [0, 0.1) is 11.6 Å². The van der Waals surface area contributed by atoms with Gasteiger partial charge in [0, 0.05) is 25.0 Å². The predicted octanol–water partition coefficient (Wildman–Crippen LogP) is 2.98. The number of carbonyl (C=O) groups excluding carboxylic acids is 1. The number of amides is 1. The highest BCUT2D eigenvalue weighted by molar-refractivity contribution is 5.96. The number of carbonyl (C=O) groups is 1. The molecule has 168 valence electrons. The van der Waals surface area contributed by atoms with Crippen molar-refractivity contribution in [3.8, 4) is 17.3 Å². The maximum absolute atomic E-state index is 14.3. The fraction of sp³-hybridized carbons (Fsp3) is 0.174. The lowest BCUT2D eigenvalue weighted by atomic mass is 10.1. The molecule has 8 nitrogen and oxygen atoms in total. The monoisotopic (exact) mass is 450 g/mol. The fourth-order valence-corrected chi connectivity index (χ4v) is 3.64. The van der Waals surface area contributed by atoms with Crippen LogP contribution in [0.1, 0.15) is 5.56 Å². The van der Waals surface area contributed by atoms with E-state index in [4.69, 9.17) is 0 Å². The first-order chi connectivity index (χ1) is 16.0. The Kier molecular flexibility index (Phi) is 5.35. The number of halogens is 2. The highest BCUT2D eigenvalue weighted by Gasteiger charge is 2.20. The maximum atomic E-state index is 14.3. The first-order valence-corrected chi connectivity index (χ1v) is 10.4. The van der Waals surface area contributed by atoms with Crippen LogP contribution in [0.5, 0.6) is 5.88 Å². The van der Waals surface area contributed by atoms with E-state index in [-0.39, 0.29) is 46.8 Å². The van der Waals surface area contributed by atoms with Gasteiger partial charge in [0.15, 0.2) is 5.82 Å². The molecule has 1 fully saturated rings. The van der Waals surface area contributed by atoms with Crippen LogP contribution in [-0.2, 0) is 11.2 Å². The van der Waals surface area contributed by atoms with Gasteiger partial charge in [-0.05, 0) is 29.8 Å². The van der Waals surface area contributed by atoms with Crippen molar-refractivity contribution in [1.82, 2.24) is 25.6 Å². The Morgan fingerprint density at radius 3 is 2.48 bits per heavy atom. The number of anilines is 2. The van der Waals surface area contributed by atoms with Gasteiger partial charge in [-0.15, -0.1) is 0 Å². The summed E-state index contributed by atoms with van der Waals surface area (Å²) in [6, 6.07) is 10.8. The van der Waals surface area contributed by atoms with Crippen LogP contribution in [0.15, 0.2) is 48.7 Å². The van der Waals surface area contributed by atoms with E-state index in [0.29, 0.717) is 11.2 Å². The van der Waals surface area contributed by atoms with Gasteiger partial charge in [-0.2, -0.15) is 0 Å².